The summed E-state index contributed by atoms with van der Waals surface area (Å²) in [4.78, 5) is 30.7. The monoisotopic (exact) mass is 517 g/mol. The lowest BCUT2D eigenvalue weighted by Gasteiger charge is -2.30. The van der Waals surface area contributed by atoms with Crippen LogP contribution in [0.25, 0.3) is 10.2 Å². The van der Waals surface area contributed by atoms with Crippen molar-refractivity contribution in [3.8, 4) is 0 Å². The lowest BCUT2D eigenvalue weighted by molar-refractivity contribution is -0.171. The molecule has 2 N–H and O–H groups in total. The number of esters is 1. The first-order valence-corrected chi connectivity index (χ1v) is 13.8. The van der Waals surface area contributed by atoms with E-state index in [4.69, 9.17) is 9.47 Å². The quantitative estimate of drug-likeness (QED) is 0.393. The van der Waals surface area contributed by atoms with Gasteiger partial charge in [0.05, 0.1) is 15.2 Å². The Morgan fingerprint density at radius 3 is 2.58 bits per heavy atom. The van der Waals surface area contributed by atoms with Gasteiger partial charge in [0, 0.05) is 17.8 Å². The number of hydrogen-bond acceptors (Lipinski definition) is 8. The highest BCUT2D eigenvalue weighted by Gasteiger charge is 2.71. The summed E-state index contributed by atoms with van der Waals surface area (Å²) in [6.07, 6.45) is 0.742. The molecular weight excluding hydrogens is 478 g/mol. The Balaban J connectivity index is 1.66. The van der Waals surface area contributed by atoms with Crippen LogP contribution in [0, 0.1) is 24.2 Å². The molecule has 1 aromatic heterocycles. The predicted octanol–water partition coefficient (Wildman–Crippen LogP) is 5.25. The maximum Gasteiger partial charge on any atom is 0.306 e. The molecule has 2 aromatic rings. The maximum absolute atomic E-state index is 13.2. The Hall–Kier alpha value is -1.87. The molecule has 0 aliphatic carbocycles. The van der Waals surface area contributed by atoms with E-state index in [-0.39, 0.29) is 18.1 Å². The third-order valence-electron chi connectivity index (χ3n) is 8.07. The highest BCUT2D eigenvalue weighted by molar-refractivity contribution is 7.18. The van der Waals surface area contributed by atoms with Crippen molar-refractivity contribution in [3.05, 3.63) is 28.8 Å². The largest absolute Gasteiger partial charge is 0.454 e. The standard InChI is InChI=1S/C28H39NO6S/c1-16-8-7-12-27(6)28(33,35-27)25(32)23(19-9-10-21-20(15-19)29-18(3)36-21)34-22(30)11-13-26(4,5)24(31)17(2)14-16/h9-10,15-17,23,25,32-33H,7-8,11-14H2,1-6H3. The zero-order valence-corrected chi connectivity index (χ0v) is 23.0. The Morgan fingerprint density at radius 2 is 1.86 bits per heavy atom. The molecule has 7 nitrogen and oxygen atoms in total. The summed E-state index contributed by atoms with van der Waals surface area (Å²) in [7, 11) is 0. The SMILES string of the molecule is Cc1nc2cc(C3OC(=O)CCC(C)(C)C(=O)C(C)CC(C)CCCC4(C)OC4(O)C3O)ccc2s1. The van der Waals surface area contributed by atoms with Gasteiger partial charge >= 0.3 is 5.97 Å². The smallest absolute Gasteiger partial charge is 0.306 e. The number of rotatable bonds is 1. The van der Waals surface area contributed by atoms with Gasteiger partial charge in [-0.15, -0.1) is 11.3 Å². The number of carbonyl (C=O) groups is 2. The van der Waals surface area contributed by atoms with E-state index < -0.39 is 35.0 Å². The predicted molar refractivity (Wildman–Crippen MR) is 138 cm³/mol. The Morgan fingerprint density at radius 1 is 1.14 bits per heavy atom. The van der Waals surface area contributed by atoms with Crippen molar-refractivity contribution in [2.75, 3.05) is 0 Å². The minimum absolute atomic E-state index is 0.0266. The number of cyclic esters (lactones) is 1. The molecule has 0 saturated carbocycles. The molecule has 8 heteroatoms. The molecule has 0 amide bonds. The average Bonchev–Trinajstić information content (AvgIpc) is 3.16. The number of fused-ring (bicyclic) bond motifs is 2. The molecule has 0 spiro atoms. The van der Waals surface area contributed by atoms with Crippen LogP contribution in [0.15, 0.2) is 18.2 Å². The van der Waals surface area contributed by atoms with Crippen molar-refractivity contribution >= 4 is 33.3 Å². The van der Waals surface area contributed by atoms with E-state index in [9.17, 15) is 19.8 Å². The van der Waals surface area contributed by atoms with Crippen molar-refractivity contribution in [1.29, 1.82) is 0 Å². The summed E-state index contributed by atoms with van der Waals surface area (Å²) in [5, 5.41) is 23.6. The van der Waals surface area contributed by atoms with Crippen LogP contribution < -0.4 is 0 Å². The van der Waals surface area contributed by atoms with Gasteiger partial charge in [-0.25, -0.2) is 4.98 Å². The van der Waals surface area contributed by atoms with Gasteiger partial charge in [0.1, 0.15) is 11.4 Å². The molecule has 2 fully saturated rings. The van der Waals surface area contributed by atoms with Crippen LogP contribution in [0.1, 0.15) is 89.8 Å². The molecule has 198 valence electrons. The number of aryl methyl sites for hydroxylation is 1. The summed E-state index contributed by atoms with van der Waals surface area (Å²) in [5.74, 6) is -1.98. The summed E-state index contributed by atoms with van der Waals surface area (Å²) < 4.78 is 12.6. The van der Waals surface area contributed by atoms with Crippen LogP contribution in [0.3, 0.4) is 0 Å². The number of ketones is 1. The molecule has 1 aromatic carbocycles. The van der Waals surface area contributed by atoms with E-state index in [0.29, 0.717) is 24.3 Å². The van der Waals surface area contributed by atoms with Gasteiger partial charge in [-0.3, -0.25) is 9.59 Å². The first-order valence-electron chi connectivity index (χ1n) is 13.0. The molecular formula is C28H39NO6S. The molecule has 36 heavy (non-hydrogen) atoms. The fourth-order valence-corrected chi connectivity index (χ4v) is 6.51. The molecule has 4 rings (SSSR count). The van der Waals surface area contributed by atoms with Crippen LogP contribution in [0.5, 0.6) is 0 Å². The third kappa shape index (κ3) is 5.23. The van der Waals surface area contributed by atoms with Crippen LogP contribution in [-0.4, -0.2) is 44.4 Å². The second kappa shape index (κ2) is 9.78. The van der Waals surface area contributed by atoms with E-state index in [0.717, 1.165) is 34.5 Å². The number of aromatic nitrogens is 1. The first-order chi connectivity index (χ1) is 16.8. The number of Topliss-reactive ketones (excluding diaryl/α,β-unsaturated/α-hetero) is 1. The van der Waals surface area contributed by atoms with Crippen molar-refractivity contribution in [1.82, 2.24) is 4.98 Å². The molecule has 0 bridgehead atoms. The molecule has 6 unspecified atom stereocenters. The van der Waals surface area contributed by atoms with E-state index in [1.165, 1.54) is 0 Å². The normalized spacial score (nSPS) is 36.3. The van der Waals surface area contributed by atoms with E-state index >= 15 is 0 Å². The van der Waals surface area contributed by atoms with Crippen LogP contribution in [0.4, 0.5) is 0 Å². The van der Waals surface area contributed by atoms with Gasteiger partial charge in [-0.05, 0) is 56.7 Å². The summed E-state index contributed by atoms with van der Waals surface area (Å²) in [5.41, 5.74) is -0.333. The topological polar surface area (TPSA) is 109 Å². The Kier molecular flexibility index (Phi) is 7.38. The number of ether oxygens (including phenoxy) is 2. The van der Waals surface area contributed by atoms with E-state index in [1.54, 1.807) is 30.4 Å². The number of aliphatic hydroxyl groups excluding tert-OH is 1. The van der Waals surface area contributed by atoms with Crippen molar-refractivity contribution in [2.45, 2.75) is 104 Å². The Labute approximate surface area is 217 Å². The van der Waals surface area contributed by atoms with Gasteiger partial charge in [0.2, 0.25) is 5.79 Å². The van der Waals surface area contributed by atoms with E-state index in [1.807, 2.05) is 33.8 Å². The highest BCUT2D eigenvalue weighted by Crippen LogP contribution is 2.54. The lowest BCUT2D eigenvalue weighted by atomic mass is 9.75. The number of aliphatic hydroxyl groups is 2. The average molecular weight is 518 g/mol. The van der Waals surface area contributed by atoms with E-state index in [2.05, 4.69) is 11.9 Å². The minimum atomic E-state index is -1.83. The molecule has 2 aliphatic rings. The molecule has 2 aliphatic heterocycles. The number of thiazole rings is 1. The van der Waals surface area contributed by atoms with Crippen molar-refractivity contribution in [3.63, 3.8) is 0 Å². The zero-order valence-electron chi connectivity index (χ0n) is 22.2. The van der Waals surface area contributed by atoms with Crippen LogP contribution in [-0.2, 0) is 19.1 Å². The second-order valence-electron chi connectivity index (χ2n) is 11.7. The molecule has 6 atom stereocenters. The van der Waals surface area contributed by atoms with Gasteiger partial charge in [0.15, 0.2) is 12.2 Å². The number of carbonyl (C=O) groups excluding carboxylic acids is 2. The lowest BCUT2D eigenvalue weighted by Crippen LogP contribution is -2.42. The van der Waals surface area contributed by atoms with Gasteiger partial charge in [0.25, 0.3) is 0 Å². The molecule has 3 heterocycles. The third-order valence-corrected chi connectivity index (χ3v) is 9.02. The zero-order chi connectivity index (χ0) is 26.5. The first kappa shape index (κ1) is 27.2. The fraction of sp³-hybridized carbons (Fsp3) is 0.679. The van der Waals surface area contributed by atoms with Gasteiger partial charge in [-0.2, -0.15) is 0 Å². The van der Waals surface area contributed by atoms with Crippen molar-refractivity contribution in [2.24, 2.45) is 17.3 Å². The number of epoxide rings is 1. The van der Waals surface area contributed by atoms with Crippen LogP contribution in [0.2, 0.25) is 0 Å². The summed E-state index contributed by atoms with van der Waals surface area (Å²) in [6.45, 7) is 11.6. The Bertz CT molecular complexity index is 1140. The fourth-order valence-electron chi connectivity index (χ4n) is 5.70. The summed E-state index contributed by atoms with van der Waals surface area (Å²) in [6, 6.07) is 5.47. The van der Waals surface area contributed by atoms with Gasteiger partial charge < -0.3 is 19.7 Å². The number of benzene rings is 1. The maximum atomic E-state index is 13.2. The highest BCUT2D eigenvalue weighted by atomic mass is 32.1. The number of nitrogens with zero attached hydrogens (tertiary/aromatic N) is 1. The second-order valence-corrected chi connectivity index (χ2v) is 13.0. The molecule has 0 radical (unpaired) electrons. The van der Waals surface area contributed by atoms with Crippen molar-refractivity contribution < 1.29 is 29.3 Å². The van der Waals surface area contributed by atoms with Crippen LogP contribution >= 0.6 is 11.3 Å². The number of hydrogen-bond donors (Lipinski definition) is 2. The summed E-state index contributed by atoms with van der Waals surface area (Å²) >= 11 is 1.56. The van der Waals surface area contributed by atoms with Gasteiger partial charge in [-0.1, -0.05) is 46.6 Å². The minimum Gasteiger partial charge on any atom is -0.454 e. The molecule has 2 saturated heterocycles.